The van der Waals surface area contributed by atoms with E-state index in [4.69, 9.17) is 15.2 Å². The second kappa shape index (κ2) is 10.3. The van der Waals surface area contributed by atoms with E-state index in [0.29, 0.717) is 30.1 Å². The number of ether oxygens (including phenoxy) is 3. The molecule has 4 heterocycles. The summed E-state index contributed by atoms with van der Waals surface area (Å²) in [6, 6.07) is 8.06. The van der Waals surface area contributed by atoms with Crippen molar-refractivity contribution >= 4 is 22.7 Å². The molecule has 0 saturated heterocycles. The van der Waals surface area contributed by atoms with Crippen molar-refractivity contribution in [1.82, 2.24) is 20.1 Å². The zero-order valence-electron chi connectivity index (χ0n) is 26.4. The zero-order valence-corrected chi connectivity index (χ0v) is 26.4. The number of halogens is 4. The summed E-state index contributed by atoms with van der Waals surface area (Å²) >= 11 is 0. The first-order valence-corrected chi connectivity index (χ1v) is 15.8. The Morgan fingerprint density at radius 1 is 1.12 bits per heavy atom. The SMILES string of the molecule is COc1cc(C(=O)NCC(O)(c2cc3c(c(-c4ccc5c(c4)OC(F)(F)C5(F)F)n2)OC[C@]3(C)C(N)=O)C2CC2)cc2cn(C3CC3)nc12. The van der Waals surface area contributed by atoms with Crippen molar-refractivity contribution < 1.29 is 46.5 Å². The summed E-state index contributed by atoms with van der Waals surface area (Å²) in [5.74, 6) is -6.38. The van der Waals surface area contributed by atoms with Gasteiger partial charge >= 0.3 is 12.0 Å². The number of fused-ring (bicyclic) bond motifs is 3. The average Bonchev–Trinajstić information content (AvgIpc) is 4.00. The molecule has 2 aromatic carbocycles. The summed E-state index contributed by atoms with van der Waals surface area (Å²) in [5, 5.41) is 20.4. The van der Waals surface area contributed by atoms with Crippen LogP contribution in [0.25, 0.3) is 22.2 Å². The molecule has 15 heteroatoms. The normalized spacial score (nSPS) is 22.8. The monoisotopic (exact) mass is 681 g/mol. The van der Waals surface area contributed by atoms with Crippen LogP contribution < -0.4 is 25.3 Å². The van der Waals surface area contributed by atoms with E-state index in [-0.39, 0.29) is 52.9 Å². The van der Waals surface area contributed by atoms with Crippen LogP contribution in [0, 0.1) is 5.92 Å². The van der Waals surface area contributed by atoms with Crippen molar-refractivity contribution in [1.29, 1.82) is 0 Å². The topological polar surface area (TPSA) is 151 Å². The molecule has 4 aromatic rings. The van der Waals surface area contributed by atoms with Crippen molar-refractivity contribution in [2.75, 3.05) is 20.3 Å². The van der Waals surface area contributed by atoms with Gasteiger partial charge in [0, 0.05) is 28.3 Å². The molecule has 2 atom stereocenters. The highest BCUT2D eigenvalue weighted by Gasteiger charge is 2.66. The number of alkyl halides is 4. The van der Waals surface area contributed by atoms with Gasteiger partial charge in [0.05, 0.1) is 31.0 Å². The molecule has 2 saturated carbocycles. The summed E-state index contributed by atoms with van der Waals surface area (Å²) in [6.45, 7) is 1.07. The highest BCUT2D eigenvalue weighted by Crippen LogP contribution is 2.55. The third kappa shape index (κ3) is 4.72. The number of nitrogens with one attached hydrogen (secondary N) is 1. The van der Waals surface area contributed by atoms with E-state index in [1.54, 1.807) is 19.1 Å². The van der Waals surface area contributed by atoms with Crippen LogP contribution in [-0.4, -0.2) is 58.1 Å². The molecule has 2 aliphatic heterocycles. The molecule has 2 amide bonds. The lowest BCUT2D eigenvalue weighted by Gasteiger charge is -2.30. The fraction of sp³-hybridized carbons (Fsp3) is 0.412. The van der Waals surface area contributed by atoms with Gasteiger partial charge in [-0.25, -0.2) is 4.98 Å². The summed E-state index contributed by atoms with van der Waals surface area (Å²) in [5.41, 5.74) is 2.93. The fourth-order valence-corrected chi connectivity index (χ4v) is 6.63. The van der Waals surface area contributed by atoms with Crippen molar-refractivity contribution in [2.24, 2.45) is 11.7 Å². The number of hydrogen-bond donors (Lipinski definition) is 3. The van der Waals surface area contributed by atoms with Gasteiger partial charge in [0.2, 0.25) is 5.91 Å². The molecule has 8 rings (SSSR count). The van der Waals surface area contributed by atoms with E-state index in [2.05, 4.69) is 20.1 Å². The zero-order chi connectivity index (χ0) is 34.7. The number of aromatic nitrogens is 3. The van der Waals surface area contributed by atoms with E-state index in [9.17, 15) is 32.3 Å². The molecule has 49 heavy (non-hydrogen) atoms. The van der Waals surface area contributed by atoms with Gasteiger partial charge in [-0.1, -0.05) is 6.07 Å². The predicted octanol–water partition coefficient (Wildman–Crippen LogP) is 4.68. The first-order valence-electron chi connectivity index (χ1n) is 15.8. The van der Waals surface area contributed by atoms with Crippen LogP contribution in [-0.2, 0) is 21.7 Å². The Kier molecular flexibility index (Phi) is 6.59. The van der Waals surface area contributed by atoms with Gasteiger partial charge in [-0.05, 0) is 68.9 Å². The van der Waals surface area contributed by atoms with E-state index in [1.807, 2.05) is 10.9 Å². The molecule has 0 radical (unpaired) electrons. The minimum absolute atomic E-state index is 0.00401. The molecule has 0 spiro atoms. The highest BCUT2D eigenvalue weighted by molar-refractivity contribution is 6.00. The van der Waals surface area contributed by atoms with Gasteiger partial charge in [0.25, 0.3) is 5.91 Å². The van der Waals surface area contributed by atoms with Crippen molar-refractivity contribution in [2.45, 2.75) is 61.7 Å². The van der Waals surface area contributed by atoms with Gasteiger partial charge in [0.15, 0.2) is 0 Å². The number of pyridine rings is 1. The maximum Gasteiger partial charge on any atom is 0.469 e. The number of primary amides is 1. The van der Waals surface area contributed by atoms with Crippen molar-refractivity contribution in [3.63, 3.8) is 0 Å². The van der Waals surface area contributed by atoms with Crippen LogP contribution in [0.2, 0.25) is 0 Å². The third-order valence-corrected chi connectivity index (χ3v) is 10.0. The predicted molar refractivity (Wildman–Crippen MR) is 165 cm³/mol. The Morgan fingerprint density at radius 3 is 2.55 bits per heavy atom. The Labute approximate surface area is 276 Å². The van der Waals surface area contributed by atoms with Gasteiger partial charge in [-0.2, -0.15) is 22.7 Å². The number of rotatable bonds is 9. The maximum atomic E-state index is 14.4. The standard InChI is InChI=1S/C34H31F4N5O6/c1-31(30(39)45)15-48-28-22(31)12-25(41-27(28)16-3-8-21-23(10-16)49-34(37,38)33(21,35)36)32(46,19-4-5-19)14-40-29(44)17-9-18-13-43(20-6-7-20)42-26(18)24(11-17)47-2/h3,8-13,19-20,46H,4-7,14-15H2,1-2H3,(H2,39,45)(H,40,44)/t31-,32?/m0/s1. The van der Waals surface area contributed by atoms with Crippen LogP contribution in [0.5, 0.6) is 17.2 Å². The number of carbonyl (C=O) groups excluding carboxylic acids is 2. The second-order valence-electron chi connectivity index (χ2n) is 13.5. The molecule has 2 fully saturated rings. The number of nitrogens with zero attached hydrogens (tertiary/aromatic N) is 3. The molecular weight excluding hydrogens is 650 g/mol. The highest BCUT2D eigenvalue weighted by atomic mass is 19.3. The summed E-state index contributed by atoms with van der Waals surface area (Å²) in [6.07, 6.45) is 0.356. The first-order chi connectivity index (χ1) is 23.2. The average molecular weight is 682 g/mol. The van der Waals surface area contributed by atoms with Gasteiger partial charge < -0.3 is 30.4 Å². The third-order valence-electron chi connectivity index (χ3n) is 10.0. The number of methoxy groups -OCH3 is 1. The minimum Gasteiger partial charge on any atom is -0.494 e. The summed E-state index contributed by atoms with van der Waals surface area (Å²) < 4.78 is 74.4. The molecule has 11 nitrogen and oxygen atoms in total. The first kappa shape index (κ1) is 31.4. The van der Waals surface area contributed by atoms with E-state index in [0.717, 1.165) is 30.4 Å². The molecule has 4 aliphatic rings. The number of carbonyl (C=O) groups is 2. The number of nitrogens with two attached hydrogens (primary N) is 1. The Morgan fingerprint density at radius 2 is 1.88 bits per heavy atom. The molecule has 2 aromatic heterocycles. The van der Waals surface area contributed by atoms with Crippen LogP contribution in [0.1, 0.15) is 65.8 Å². The second-order valence-corrected chi connectivity index (χ2v) is 13.5. The minimum atomic E-state index is -4.76. The summed E-state index contributed by atoms with van der Waals surface area (Å²) in [7, 11) is 1.49. The number of amides is 2. The smallest absolute Gasteiger partial charge is 0.469 e. The van der Waals surface area contributed by atoms with Crippen LogP contribution in [0.15, 0.2) is 42.6 Å². The Bertz CT molecular complexity index is 2080. The van der Waals surface area contributed by atoms with Gasteiger partial charge in [-0.3, -0.25) is 14.3 Å². The number of benzene rings is 2. The summed E-state index contributed by atoms with van der Waals surface area (Å²) in [4.78, 5) is 30.9. The molecule has 256 valence electrons. The van der Waals surface area contributed by atoms with Crippen LogP contribution in [0.4, 0.5) is 17.6 Å². The van der Waals surface area contributed by atoms with E-state index >= 15 is 0 Å². The van der Waals surface area contributed by atoms with E-state index in [1.165, 1.54) is 19.2 Å². The lowest BCUT2D eigenvalue weighted by molar-refractivity contribution is -0.296. The van der Waals surface area contributed by atoms with Crippen LogP contribution in [0.3, 0.4) is 0 Å². The molecule has 1 unspecified atom stereocenters. The van der Waals surface area contributed by atoms with Gasteiger partial charge in [0.1, 0.15) is 46.1 Å². The van der Waals surface area contributed by atoms with Crippen molar-refractivity contribution in [3.8, 4) is 28.5 Å². The van der Waals surface area contributed by atoms with E-state index < -0.39 is 46.2 Å². The maximum absolute atomic E-state index is 14.4. The number of aliphatic hydroxyl groups is 1. The largest absolute Gasteiger partial charge is 0.494 e. The van der Waals surface area contributed by atoms with Crippen LogP contribution >= 0.6 is 0 Å². The number of hydrogen-bond acceptors (Lipinski definition) is 8. The lowest BCUT2D eigenvalue weighted by Crippen LogP contribution is -2.44. The molecular formula is C34H31F4N5O6. The molecule has 0 bridgehead atoms. The van der Waals surface area contributed by atoms with Crippen molar-refractivity contribution in [3.05, 3.63) is 65.0 Å². The Hall–Kier alpha value is -4.92. The molecule has 4 N–H and O–H groups in total. The van der Waals surface area contributed by atoms with Gasteiger partial charge in [-0.15, -0.1) is 0 Å². The fourth-order valence-electron chi connectivity index (χ4n) is 6.63. The lowest BCUT2D eigenvalue weighted by atomic mass is 9.81. The molecule has 2 aliphatic carbocycles. The quantitative estimate of drug-likeness (QED) is 0.216. The Balaban J connectivity index is 1.17.